The summed E-state index contributed by atoms with van der Waals surface area (Å²) in [6.07, 6.45) is 0. The second-order valence-corrected chi connectivity index (χ2v) is 8.16. The molecule has 8 heteroatoms. The van der Waals surface area contributed by atoms with Gasteiger partial charge < -0.3 is 9.15 Å². The van der Waals surface area contributed by atoms with Crippen molar-refractivity contribution >= 4 is 43.3 Å². The van der Waals surface area contributed by atoms with E-state index in [-0.39, 0.29) is 15.7 Å². The minimum Gasteiger partial charge on any atom is -0.437 e. The highest BCUT2D eigenvalue weighted by molar-refractivity contribution is 9.10. The van der Waals surface area contributed by atoms with E-state index in [0.29, 0.717) is 10.8 Å². The first-order chi connectivity index (χ1) is 11.9. The number of furan rings is 1. The Balaban J connectivity index is 1.84. The third-order valence-corrected chi connectivity index (χ3v) is 5.57. The Kier molecular flexibility index (Phi) is 4.99. The van der Waals surface area contributed by atoms with Crippen LogP contribution in [0, 0.1) is 0 Å². The van der Waals surface area contributed by atoms with Gasteiger partial charge in [-0.15, -0.1) is 0 Å². The standard InChI is InChI=1S/C17H10BrClO5S/c18-11-2-1-3-13(10-11)23-17(20)15-8-9-16(24-15)25(21,22)14-6-4-12(19)5-7-14/h1-10H. The zero-order valence-corrected chi connectivity index (χ0v) is 15.6. The number of rotatable bonds is 4. The molecule has 0 spiro atoms. The van der Waals surface area contributed by atoms with Crippen molar-refractivity contribution in [2.24, 2.45) is 0 Å². The van der Waals surface area contributed by atoms with Gasteiger partial charge in [0.1, 0.15) is 5.75 Å². The van der Waals surface area contributed by atoms with Crippen LogP contribution in [-0.2, 0) is 9.84 Å². The normalized spacial score (nSPS) is 11.3. The van der Waals surface area contributed by atoms with E-state index >= 15 is 0 Å². The van der Waals surface area contributed by atoms with Gasteiger partial charge in [0.05, 0.1) is 4.90 Å². The Hall–Kier alpha value is -2.09. The van der Waals surface area contributed by atoms with Gasteiger partial charge in [-0.25, -0.2) is 13.2 Å². The largest absolute Gasteiger partial charge is 0.437 e. The summed E-state index contributed by atoms with van der Waals surface area (Å²) in [4.78, 5) is 12.1. The molecule has 128 valence electrons. The Morgan fingerprint density at radius 3 is 2.44 bits per heavy atom. The van der Waals surface area contributed by atoms with Gasteiger partial charge in [0.15, 0.2) is 0 Å². The lowest BCUT2D eigenvalue weighted by atomic mass is 10.3. The van der Waals surface area contributed by atoms with E-state index in [4.69, 9.17) is 20.8 Å². The van der Waals surface area contributed by atoms with E-state index in [0.717, 1.165) is 4.47 Å². The molecule has 0 bridgehead atoms. The van der Waals surface area contributed by atoms with Gasteiger partial charge in [-0.05, 0) is 54.6 Å². The summed E-state index contributed by atoms with van der Waals surface area (Å²) in [6, 6.07) is 14.8. The predicted molar refractivity (Wildman–Crippen MR) is 94.7 cm³/mol. The maximum Gasteiger partial charge on any atom is 0.379 e. The summed E-state index contributed by atoms with van der Waals surface area (Å²) >= 11 is 9.02. The van der Waals surface area contributed by atoms with Gasteiger partial charge in [-0.1, -0.05) is 33.6 Å². The van der Waals surface area contributed by atoms with Gasteiger partial charge in [0.2, 0.25) is 20.7 Å². The average molecular weight is 442 g/mol. The van der Waals surface area contributed by atoms with Gasteiger partial charge in [0.25, 0.3) is 0 Å². The number of carbonyl (C=O) groups excluding carboxylic acids is 1. The van der Waals surface area contributed by atoms with E-state index in [9.17, 15) is 13.2 Å². The maximum absolute atomic E-state index is 12.5. The molecule has 0 N–H and O–H groups in total. The lowest BCUT2D eigenvalue weighted by Gasteiger charge is -2.03. The second kappa shape index (κ2) is 7.03. The molecule has 0 amide bonds. The van der Waals surface area contributed by atoms with Crippen LogP contribution < -0.4 is 4.74 Å². The summed E-state index contributed by atoms with van der Waals surface area (Å²) in [5.41, 5.74) is 0. The molecule has 0 aliphatic heterocycles. The van der Waals surface area contributed by atoms with E-state index in [1.54, 1.807) is 24.3 Å². The van der Waals surface area contributed by atoms with Crippen molar-refractivity contribution < 1.29 is 22.4 Å². The minimum atomic E-state index is -3.89. The van der Waals surface area contributed by atoms with Crippen LogP contribution in [0.5, 0.6) is 5.75 Å². The molecule has 1 aromatic heterocycles. The first kappa shape index (κ1) is 17.7. The van der Waals surface area contributed by atoms with Crippen molar-refractivity contribution in [3.63, 3.8) is 0 Å². The monoisotopic (exact) mass is 440 g/mol. The quantitative estimate of drug-likeness (QED) is 0.431. The number of carbonyl (C=O) groups is 1. The Labute approximate surface area is 157 Å². The first-order valence-corrected chi connectivity index (χ1v) is 9.60. The number of sulfone groups is 1. The number of esters is 1. The minimum absolute atomic E-state index is 0.0122. The number of halogens is 2. The fourth-order valence-electron chi connectivity index (χ4n) is 1.99. The van der Waals surface area contributed by atoms with Gasteiger partial charge in [0, 0.05) is 9.50 Å². The van der Waals surface area contributed by atoms with Crippen molar-refractivity contribution in [1.82, 2.24) is 0 Å². The molecule has 25 heavy (non-hydrogen) atoms. The molecule has 0 aliphatic carbocycles. The van der Waals surface area contributed by atoms with E-state index in [1.165, 1.54) is 36.4 Å². The van der Waals surface area contributed by atoms with Crippen LogP contribution in [0.3, 0.4) is 0 Å². The Morgan fingerprint density at radius 1 is 1.04 bits per heavy atom. The lowest BCUT2D eigenvalue weighted by Crippen LogP contribution is -2.07. The second-order valence-electron chi connectivity index (χ2n) is 4.92. The molecule has 0 saturated heterocycles. The van der Waals surface area contributed by atoms with Crippen molar-refractivity contribution in [2.75, 3.05) is 0 Å². The molecular formula is C17H10BrClO5S. The fraction of sp³-hybridized carbons (Fsp3) is 0. The number of benzene rings is 2. The van der Waals surface area contributed by atoms with Crippen LogP contribution in [-0.4, -0.2) is 14.4 Å². The smallest absolute Gasteiger partial charge is 0.379 e. The highest BCUT2D eigenvalue weighted by atomic mass is 79.9. The summed E-state index contributed by atoms with van der Waals surface area (Å²) in [5, 5.41) is 0.0627. The molecule has 5 nitrogen and oxygen atoms in total. The Bertz CT molecular complexity index is 1030. The zero-order valence-electron chi connectivity index (χ0n) is 12.5. The van der Waals surface area contributed by atoms with Gasteiger partial charge in [-0.3, -0.25) is 0 Å². The lowest BCUT2D eigenvalue weighted by molar-refractivity contribution is 0.0695. The Morgan fingerprint density at radius 2 is 1.76 bits per heavy atom. The molecule has 2 aromatic carbocycles. The molecular weight excluding hydrogens is 432 g/mol. The van der Waals surface area contributed by atoms with Crippen LogP contribution in [0.2, 0.25) is 5.02 Å². The highest BCUT2D eigenvalue weighted by Gasteiger charge is 2.24. The van der Waals surface area contributed by atoms with Crippen molar-refractivity contribution in [3.05, 3.63) is 75.9 Å². The third kappa shape index (κ3) is 3.95. The average Bonchev–Trinajstić information content (AvgIpc) is 3.06. The molecule has 1 heterocycles. The fourth-order valence-corrected chi connectivity index (χ4v) is 3.67. The molecule has 0 unspecified atom stereocenters. The van der Waals surface area contributed by atoms with Crippen molar-refractivity contribution in [1.29, 1.82) is 0 Å². The predicted octanol–water partition coefficient (Wildman–Crippen LogP) is 4.75. The number of hydrogen-bond donors (Lipinski definition) is 0. The van der Waals surface area contributed by atoms with Crippen molar-refractivity contribution in [3.8, 4) is 5.75 Å². The number of hydrogen-bond acceptors (Lipinski definition) is 5. The molecule has 0 atom stereocenters. The van der Waals surface area contributed by atoms with Crippen LogP contribution in [0.15, 0.2) is 79.5 Å². The summed E-state index contributed by atoms with van der Waals surface area (Å²) in [7, 11) is -3.89. The van der Waals surface area contributed by atoms with Crippen LogP contribution >= 0.6 is 27.5 Å². The first-order valence-electron chi connectivity index (χ1n) is 6.94. The summed E-state index contributed by atoms with van der Waals surface area (Å²) in [6.45, 7) is 0. The highest BCUT2D eigenvalue weighted by Crippen LogP contribution is 2.25. The maximum atomic E-state index is 12.5. The molecule has 3 aromatic rings. The van der Waals surface area contributed by atoms with Crippen LogP contribution in [0.4, 0.5) is 0 Å². The molecule has 0 aliphatic rings. The van der Waals surface area contributed by atoms with Crippen LogP contribution in [0.25, 0.3) is 0 Å². The molecule has 0 saturated carbocycles. The molecule has 3 rings (SSSR count). The third-order valence-electron chi connectivity index (χ3n) is 3.18. The van der Waals surface area contributed by atoms with Gasteiger partial charge >= 0.3 is 5.97 Å². The van der Waals surface area contributed by atoms with Gasteiger partial charge in [-0.2, -0.15) is 0 Å². The van der Waals surface area contributed by atoms with Crippen molar-refractivity contribution in [2.45, 2.75) is 9.99 Å². The van der Waals surface area contributed by atoms with E-state index < -0.39 is 15.8 Å². The topological polar surface area (TPSA) is 73.6 Å². The number of ether oxygens (including phenoxy) is 1. The summed E-state index contributed by atoms with van der Waals surface area (Å²) in [5.74, 6) is -0.707. The SMILES string of the molecule is O=C(Oc1cccc(Br)c1)c1ccc(S(=O)(=O)c2ccc(Cl)cc2)o1. The zero-order chi connectivity index (χ0) is 18.0. The van der Waals surface area contributed by atoms with E-state index in [1.807, 2.05) is 0 Å². The van der Waals surface area contributed by atoms with E-state index in [2.05, 4.69) is 15.9 Å². The summed E-state index contributed by atoms with van der Waals surface area (Å²) < 4.78 is 36.1. The van der Waals surface area contributed by atoms with Crippen LogP contribution in [0.1, 0.15) is 10.6 Å². The molecule has 0 radical (unpaired) electrons. The molecule has 0 fully saturated rings.